The lowest BCUT2D eigenvalue weighted by molar-refractivity contribution is -0.139. The molecule has 1 aromatic heterocycles. The Morgan fingerprint density at radius 1 is 1.38 bits per heavy atom. The topological polar surface area (TPSA) is 94.0 Å². The third-order valence-electron chi connectivity index (χ3n) is 3.66. The molecule has 8 heteroatoms. The van der Waals surface area contributed by atoms with Crippen molar-refractivity contribution in [2.45, 2.75) is 24.8 Å². The van der Waals surface area contributed by atoms with Crippen molar-refractivity contribution in [3.05, 3.63) is 41.2 Å². The SMILES string of the molecule is Nc1nc2n(n1)CC(c1ccc(F)c(F)c1)CC2C(=O)O. The van der Waals surface area contributed by atoms with Crippen LogP contribution in [0.3, 0.4) is 0 Å². The monoisotopic (exact) mass is 294 g/mol. The number of carboxylic acid groups (broad SMARTS) is 1. The second-order valence-corrected chi connectivity index (χ2v) is 5.01. The number of aliphatic carboxylic acids is 1. The standard InChI is InChI=1S/C13H12F2N4O2/c14-9-2-1-6(4-10(9)15)7-3-8(12(20)21)11-17-13(16)18-19(11)5-7/h1-2,4,7-8H,3,5H2,(H2,16,18)(H,20,21). The number of fused-ring (bicyclic) bond motifs is 1. The maximum absolute atomic E-state index is 13.3. The second kappa shape index (κ2) is 4.80. The molecule has 1 aliphatic rings. The number of benzene rings is 1. The molecule has 0 saturated carbocycles. The van der Waals surface area contributed by atoms with Gasteiger partial charge in [0.05, 0.1) is 6.54 Å². The number of anilines is 1. The normalized spacial score (nSPS) is 21.0. The van der Waals surface area contributed by atoms with Crippen LogP contribution >= 0.6 is 0 Å². The van der Waals surface area contributed by atoms with E-state index in [1.807, 2.05) is 0 Å². The van der Waals surface area contributed by atoms with E-state index in [-0.39, 0.29) is 18.3 Å². The summed E-state index contributed by atoms with van der Waals surface area (Å²) in [5.41, 5.74) is 6.03. The van der Waals surface area contributed by atoms with E-state index in [1.165, 1.54) is 10.7 Å². The Balaban J connectivity index is 1.99. The lowest BCUT2D eigenvalue weighted by atomic mass is 9.85. The van der Waals surface area contributed by atoms with E-state index < -0.39 is 23.5 Å². The van der Waals surface area contributed by atoms with Crippen molar-refractivity contribution in [3.8, 4) is 0 Å². The van der Waals surface area contributed by atoms with E-state index in [0.29, 0.717) is 17.9 Å². The quantitative estimate of drug-likeness (QED) is 0.875. The third-order valence-corrected chi connectivity index (χ3v) is 3.66. The summed E-state index contributed by atoms with van der Waals surface area (Å²) < 4.78 is 27.8. The summed E-state index contributed by atoms with van der Waals surface area (Å²) in [4.78, 5) is 15.3. The Kier molecular flexibility index (Phi) is 3.08. The molecule has 1 aliphatic heterocycles. The first kappa shape index (κ1) is 13.5. The molecule has 2 aromatic rings. The fourth-order valence-electron chi connectivity index (χ4n) is 2.66. The van der Waals surface area contributed by atoms with Gasteiger partial charge in [-0.15, -0.1) is 5.10 Å². The van der Waals surface area contributed by atoms with Crippen LogP contribution in [-0.2, 0) is 11.3 Å². The van der Waals surface area contributed by atoms with Crippen molar-refractivity contribution in [1.29, 1.82) is 0 Å². The number of nitrogens with two attached hydrogens (primary N) is 1. The summed E-state index contributed by atoms with van der Waals surface area (Å²) in [7, 11) is 0. The third kappa shape index (κ3) is 2.32. The zero-order valence-corrected chi connectivity index (χ0v) is 10.8. The van der Waals surface area contributed by atoms with Crippen LogP contribution in [0.1, 0.15) is 29.6 Å². The zero-order valence-electron chi connectivity index (χ0n) is 10.8. The van der Waals surface area contributed by atoms with Crippen molar-refractivity contribution in [2.75, 3.05) is 5.73 Å². The van der Waals surface area contributed by atoms with E-state index in [9.17, 15) is 18.7 Å². The molecule has 2 atom stereocenters. The average molecular weight is 294 g/mol. The van der Waals surface area contributed by atoms with Crippen molar-refractivity contribution in [1.82, 2.24) is 14.8 Å². The van der Waals surface area contributed by atoms with Crippen LogP contribution in [0.15, 0.2) is 18.2 Å². The molecule has 0 bridgehead atoms. The summed E-state index contributed by atoms with van der Waals surface area (Å²) >= 11 is 0. The smallest absolute Gasteiger partial charge is 0.314 e. The number of aromatic nitrogens is 3. The first-order valence-electron chi connectivity index (χ1n) is 6.33. The number of hydrogen-bond acceptors (Lipinski definition) is 4. The summed E-state index contributed by atoms with van der Waals surface area (Å²) in [5.74, 6) is -3.81. The summed E-state index contributed by atoms with van der Waals surface area (Å²) in [5, 5.41) is 13.3. The molecular formula is C13H12F2N4O2. The van der Waals surface area contributed by atoms with Gasteiger partial charge in [-0.1, -0.05) is 6.07 Å². The number of carboxylic acids is 1. The Morgan fingerprint density at radius 3 is 2.81 bits per heavy atom. The van der Waals surface area contributed by atoms with Gasteiger partial charge in [-0.3, -0.25) is 4.79 Å². The Labute approximate surface area is 118 Å². The lowest BCUT2D eigenvalue weighted by Crippen LogP contribution is -2.28. The van der Waals surface area contributed by atoms with E-state index in [4.69, 9.17) is 5.73 Å². The van der Waals surface area contributed by atoms with Crippen molar-refractivity contribution in [3.63, 3.8) is 0 Å². The van der Waals surface area contributed by atoms with E-state index >= 15 is 0 Å². The van der Waals surface area contributed by atoms with Crippen molar-refractivity contribution >= 4 is 11.9 Å². The molecule has 1 aromatic carbocycles. The van der Waals surface area contributed by atoms with Gasteiger partial charge >= 0.3 is 5.97 Å². The number of hydrogen-bond donors (Lipinski definition) is 2. The Bertz CT molecular complexity index is 716. The summed E-state index contributed by atoms with van der Waals surface area (Å²) in [6, 6.07) is 3.57. The van der Waals surface area contributed by atoms with Gasteiger partial charge in [0.25, 0.3) is 0 Å². The fourth-order valence-corrected chi connectivity index (χ4v) is 2.66. The molecule has 0 saturated heterocycles. The predicted octanol–water partition coefficient (Wildman–Crippen LogP) is 1.49. The first-order valence-corrected chi connectivity index (χ1v) is 6.33. The molecule has 3 N–H and O–H groups in total. The Hall–Kier alpha value is -2.51. The number of nitrogen functional groups attached to an aromatic ring is 1. The molecule has 3 rings (SSSR count). The molecule has 0 aliphatic carbocycles. The Morgan fingerprint density at radius 2 is 2.14 bits per heavy atom. The number of rotatable bonds is 2. The maximum atomic E-state index is 13.3. The van der Waals surface area contributed by atoms with E-state index in [2.05, 4.69) is 10.1 Å². The van der Waals surface area contributed by atoms with Gasteiger partial charge in [0, 0.05) is 5.92 Å². The number of halogens is 2. The number of carbonyl (C=O) groups is 1. The van der Waals surface area contributed by atoms with Gasteiger partial charge < -0.3 is 10.8 Å². The second-order valence-electron chi connectivity index (χ2n) is 5.01. The average Bonchev–Trinajstić information content (AvgIpc) is 2.80. The highest BCUT2D eigenvalue weighted by atomic mass is 19.2. The van der Waals surface area contributed by atoms with Crippen LogP contribution in [0.4, 0.5) is 14.7 Å². The van der Waals surface area contributed by atoms with Crippen LogP contribution < -0.4 is 5.73 Å². The predicted molar refractivity (Wildman–Crippen MR) is 68.5 cm³/mol. The number of nitrogens with zero attached hydrogens (tertiary/aromatic N) is 3. The van der Waals surface area contributed by atoms with Crippen LogP contribution in [0.25, 0.3) is 0 Å². The molecule has 0 amide bonds. The van der Waals surface area contributed by atoms with Crippen molar-refractivity contribution < 1.29 is 18.7 Å². The van der Waals surface area contributed by atoms with Crippen LogP contribution in [0, 0.1) is 11.6 Å². The zero-order chi connectivity index (χ0) is 15.1. The van der Waals surface area contributed by atoms with E-state index in [0.717, 1.165) is 12.1 Å². The largest absolute Gasteiger partial charge is 0.481 e. The minimum atomic E-state index is -1.05. The molecule has 110 valence electrons. The lowest BCUT2D eigenvalue weighted by Gasteiger charge is -2.27. The summed E-state index contributed by atoms with van der Waals surface area (Å²) in [6.45, 7) is 0.328. The molecule has 2 heterocycles. The van der Waals surface area contributed by atoms with Gasteiger partial charge in [0.15, 0.2) is 11.6 Å². The molecule has 0 spiro atoms. The molecular weight excluding hydrogens is 282 g/mol. The van der Waals surface area contributed by atoms with Gasteiger partial charge in [-0.05, 0) is 24.1 Å². The molecule has 6 nitrogen and oxygen atoms in total. The van der Waals surface area contributed by atoms with Crippen LogP contribution in [0.5, 0.6) is 0 Å². The highest BCUT2D eigenvalue weighted by Gasteiger charge is 2.35. The fraction of sp³-hybridized carbons (Fsp3) is 0.308. The highest BCUT2D eigenvalue weighted by Crippen LogP contribution is 2.36. The highest BCUT2D eigenvalue weighted by molar-refractivity contribution is 5.75. The minimum absolute atomic E-state index is 0.00202. The van der Waals surface area contributed by atoms with Gasteiger partial charge in [0.1, 0.15) is 11.7 Å². The summed E-state index contributed by atoms with van der Waals surface area (Å²) in [6.07, 6.45) is 0.235. The molecule has 0 radical (unpaired) electrons. The first-order chi connectivity index (χ1) is 9.95. The molecule has 21 heavy (non-hydrogen) atoms. The van der Waals surface area contributed by atoms with Crippen molar-refractivity contribution in [2.24, 2.45) is 0 Å². The maximum Gasteiger partial charge on any atom is 0.314 e. The van der Waals surface area contributed by atoms with Gasteiger partial charge in [-0.25, -0.2) is 13.5 Å². The molecule has 2 unspecified atom stereocenters. The van der Waals surface area contributed by atoms with Crippen LogP contribution in [-0.4, -0.2) is 25.8 Å². The van der Waals surface area contributed by atoms with E-state index in [1.54, 1.807) is 0 Å². The minimum Gasteiger partial charge on any atom is -0.481 e. The van der Waals surface area contributed by atoms with Gasteiger partial charge in [0.2, 0.25) is 5.95 Å². The molecule has 0 fully saturated rings. The van der Waals surface area contributed by atoms with Gasteiger partial charge in [-0.2, -0.15) is 4.98 Å². The van der Waals surface area contributed by atoms with Crippen LogP contribution in [0.2, 0.25) is 0 Å².